The van der Waals surface area contributed by atoms with Crippen LogP contribution in [0.15, 0.2) is 18.2 Å². The summed E-state index contributed by atoms with van der Waals surface area (Å²) in [5.41, 5.74) is 0.000896. The van der Waals surface area contributed by atoms with Gasteiger partial charge >= 0.3 is 0 Å². The molecule has 19 heavy (non-hydrogen) atoms. The van der Waals surface area contributed by atoms with E-state index >= 15 is 0 Å². The van der Waals surface area contributed by atoms with Gasteiger partial charge in [0.15, 0.2) is 9.84 Å². The maximum absolute atomic E-state index is 13.9. The number of hydrogen-bond acceptors (Lipinski definition) is 3. The minimum atomic E-state index is -3.33. The quantitative estimate of drug-likeness (QED) is 0.856. The first-order valence-corrected chi connectivity index (χ1v) is 8.15. The van der Waals surface area contributed by atoms with Gasteiger partial charge in [-0.1, -0.05) is 31.4 Å². The van der Waals surface area contributed by atoms with Crippen molar-refractivity contribution in [3.05, 3.63) is 35.1 Å². The van der Waals surface area contributed by atoms with Gasteiger partial charge in [0.2, 0.25) is 0 Å². The van der Waals surface area contributed by atoms with Crippen molar-refractivity contribution < 1.29 is 12.8 Å². The van der Waals surface area contributed by atoms with Gasteiger partial charge in [0.1, 0.15) is 11.9 Å². The molecule has 0 unspecified atom stereocenters. The molecule has 0 N–H and O–H groups in total. The highest BCUT2D eigenvalue weighted by Crippen LogP contribution is 2.27. The third-order valence-corrected chi connectivity index (χ3v) is 5.82. The first-order valence-electron chi connectivity index (χ1n) is 6.43. The van der Waals surface area contributed by atoms with Crippen molar-refractivity contribution in [2.45, 2.75) is 43.1 Å². The molecule has 0 bridgehead atoms. The zero-order valence-corrected chi connectivity index (χ0v) is 11.4. The molecule has 1 aromatic rings. The average Bonchev–Trinajstić information content (AvgIpc) is 2.42. The van der Waals surface area contributed by atoms with Crippen LogP contribution >= 0.6 is 0 Å². The second-order valence-electron chi connectivity index (χ2n) is 4.96. The van der Waals surface area contributed by atoms with E-state index in [1.165, 1.54) is 18.2 Å². The second kappa shape index (κ2) is 5.70. The summed E-state index contributed by atoms with van der Waals surface area (Å²) in [6, 6.07) is 6.05. The third-order valence-electron chi connectivity index (χ3n) is 3.62. The zero-order chi connectivity index (χ0) is 13.9. The predicted molar refractivity (Wildman–Crippen MR) is 70.6 cm³/mol. The smallest absolute Gasteiger partial charge is 0.157 e. The van der Waals surface area contributed by atoms with Gasteiger partial charge in [0, 0.05) is 5.56 Å². The van der Waals surface area contributed by atoms with E-state index in [2.05, 4.69) is 0 Å². The van der Waals surface area contributed by atoms with Crippen LogP contribution in [-0.4, -0.2) is 13.7 Å². The van der Waals surface area contributed by atoms with Crippen molar-refractivity contribution in [1.29, 1.82) is 5.26 Å². The van der Waals surface area contributed by atoms with Crippen LogP contribution in [0.25, 0.3) is 0 Å². The van der Waals surface area contributed by atoms with Gasteiger partial charge in [-0.15, -0.1) is 0 Å². The van der Waals surface area contributed by atoms with Crippen LogP contribution in [0.1, 0.15) is 43.2 Å². The summed E-state index contributed by atoms with van der Waals surface area (Å²) < 4.78 is 38.4. The molecule has 1 aliphatic rings. The molecule has 1 saturated carbocycles. The van der Waals surface area contributed by atoms with Crippen LogP contribution in [0.5, 0.6) is 0 Å². The standard InChI is InChI=1S/C14H16FNO2S/c15-14-11(9-16)5-4-6-12(14)10-19(17,18)13-7-2-1-3-8-13/h4-6,13H,1-3,7-8,10H2. The lowest BCUT2D eigenvalue weighted by atomic mass is 10.0. The highest BCUT2D eigenvalue weighted by Gasteiger charge is 2.28. The summed E-state index contributed by atoms with van der Waals surface area (Å²) in [6.45, 7) is 0. The van der Waals surface area contributed by atoms with Crippen molar-refractivity contribution in [3.63, 3.8) is 0 Å². The first-order chi connectivity index (χ1) is 9.04. The van der Waals surface area contributed by atoms with Crippen LogP contribution in [0.3, 0.4) is 0 Å². The summed E-state index contributed by atoms with van der Waals surface area (Å²) in [6.07, 6.45) is 4.25. The second-order valence-corrected chi connectivity index (χ2v) is 7.24. The molecule has 1 aliphatic carbocycles. The van der Waals surface area contributed by atoms with E-state index in [0.717, 1.165) is 19.3 Å². The van der Waals surface area contributed by atoms with Gasteiger partial charge in [0.25, 0.3) is 0 Å². The van der Waals surface area contributed by atoms with Crippen molar-refractivity contribution in [2.75, 3.05) is 0 Å². The summed E-state index contributed by atoms with van der Waals surface area (Å²) in [7, 11) is -3.33. The molecular weight excluding hydrogens is 265 g/mol. The van der Waals surface area contributed by atoms with E-state index in [-0.39, 0.29) is 22.1 Å². The Morgan fingerprint density at radius 2 is 1.95 bits per heavy atom. The monoisotopic (exact) mass is 281 g/mol. The molecule has 3 nitrogen and oxygen atoms in total. The Hall–Kier alpha value is -1.41. The van der Waals surface area contributed by atoms with Gasteiger partial charge < -0.3 is 0 Å². The largest absolute Gasteiger partial charge is 0.228 e. The molecule has 0 spiro atoms. The highest BCUT2D eigenvalue weighted by molar-refractivity contribution is 7.91. The molecule has 5 heteroatoms. The lowest BCUT2D eigenvalue weighted by Gasteiger charge is -2.21. The number of sulfone groups is 1. The predicted octanol–water partition coefficient (Wildman–Crippen LogP) is 2.94. The molecule has 0 aromatic heterocycles. The maximum Gasteiger partial charge on any atom is 0.157 e. The van der Waals surface area contributed by atoms with E-state index in [4.69, 9.17) is 5.26 Å². The molecule has 0 atom stereocenters. The van der Waals surface area contributed by atoms with Crippen LogP contribution in [0.4, 0.5) is 4.39 Å². The molecule has 0 amide bonds. The number of hydrogen-bond donors (Lipinski definition) is 0. The van der Waals surface area contributed by atoms with Crippen LogP contribution in [0, 0.1) is 17.1 Å². The fourth-order valence-electron chi connectivity index (χ4n) is 2.54. The Morgan fingerprint density at radius 1 is 1.26 bits per heavy atom. The average molecular weight is 281 g/mol. The molecule has 0 heterocycles. The maximum atomic E-state index is 13.9. The van der Waals surface area contributed by atoms with Crippen molar-refractivity contribution in [1.82, 2.24) is 0 Å². The Kier molecular flexibility index (Phi) is 4.20. The van der Waals surface area contributed by atoms with Gasteiger partial charge in [-0.05, 0) is 18.9 Å². The number of halogens is 1. The minimum absolute atomic E-state index is 0.101. The van der Waals surface area contributed by atoms with E-state index in [9.17, 15) is 12.8 Å². The number of rotatable bonds is 3. The SMILES string of the molecule is N#Cc1cccc(CS(=O)(=O)C2CCCCC2)c1F. The Bertz CT molecular complexity index is 598. The van der Waals surface area contributed by atoms with E-state index in [1.807, 2.05) is 0 Å². The Labute approximate surface area is 113 Å². The van der Waals surface area contributed by atoms with Crippen molar-refractivity contribution >= 4 is 9.84 Å². The lowest BCUT2D eigenvalue weighted by Crippen LogP contribution is -2.25. The normalized spacial score (nSPS) is 17.1. The molecular formula is C14H16FNO2S. The fourth-order valence-corrected chi connectivity index (χ4v) is 4.48. The summed E-state index contributed by atoms with van der Waals surface area (Å²) in [4.78, 5) is 0. The Balaban J connectivity index is 2.23. The fraction of sp³-hybridized carbons (Fsp3) is 0.500. The van der Waals surface area contributed by atoms with Gasteiger partial charge in [-0.25, -0.2) is 12.8 Å². The summed E-state index contributed by atoms with van der Waals surface area (Å²) in [5.74, 6) is -1.01. The van der Waals surface area contributed by atoms with Crippen molar-refractivity contribution in [2.24, 2.45) is 0 Å². The molecule has 2 rings (SSSR count). The molecule has 102 valence electrons. The lowest BCUT2D eigenvalue weighted by molar-refractivity contribution is 0.482. The molecule has 1 fully saturated rings. The van der Waals surface area contributed by atoms with Gasteiger partial charge in [0.05, 0.1) is 16.6 Å². The number of benzene rings is 1. The van der Waals surface area contributed by atoms with Crippen LogP contribution in [0.2, 0.25) is 0 Å². The van der Waals surface area contributed by atoms with Crippen LogP contribution < -0.4 is 0 Å². The molecule has 0 radical (unpaired) electrons. The minimum Gasteiger partial charge on any atom is -0.228 e. The molecule has 1 aromatic carbocycles. The van der Waals surface area contributed by atoms with E-state index < -0.39 is 15.7 Å². The van der Waals surface area contributed by atoms with Gasteiger partial charge in [-0.2, -0.15) is 5.26 Å². The number of nitrogens with zero attached hydrogens (tertiary/aromatic N) is 1. The highest BCUT2D eigenvalue weighted by atomic mass is 32.2. The van der Waals surface area contributed by atoms with Crippen LogP contribution in [-0.2, 0) is 15.6 Å². The van der Waals surface area contributed by atoms with Gasteiger partial charge in [-0.3, -0.25) is 0 Å². The summed E-state index contributed by atoms with van der Waals surface area (Å²) >= 11 is 0. The number of nitriles is 1. The zero-order valence-electron chi connectivity index (χ0n) is 10.6. The summed E-state index contributed by atoms with van der Waals surface area (Å²) in [5, 5.41) is 8.40. The Morgan fingerprint density at radius 3 is 2.58 bits per heavy atom. The van der Waals surface area contributed by atoms with E-state index in [1.54, 1.807) is 6.07 Å². The van der Waals surface area contributed by atoms with Crippen molar-refractivity contribution in [3.8, 4) is 6.07 Å². The third kappa shape index (κ3) is 3.13. The first kappa shape index (κ1) is 14.0. The molecule has 0 aliphatic heterocycles. The molecule has 0 saturated heterocycles. The topological polar surface area (TPSA) is 57.9 Å². The van der Waals surface area contributed by atoms with E-state index in [0.29, 0.717) is 12.8 Å².